The van der Waals surface area contributed by atoms with E-state index in [9.17, 15) is 0 Å². The molecule has 0 amide bonds. The first-order valence-electron chi connectivity index (χ1n) is 7.46. The smallest absolute Gasteiger partial charge is 0.0605 e. The largest absolute Gasteiger partial charge is 0.381 e. The van der Waals surface area contributed by atoms with Gasteiger partial charge in [0.1, 0.15) is 0 Å². The third kappa shape index (κ3) is 3.74. The van der Waals surface area contributed by atoms with Crippen LogP contribution in [0.4, 0.5) is 5.69 Å². The van der Waals surface area contributed by atoms with Crippen molar-refractivity contribution >= 4 is 21.6 Å². The first-order chi connectivity index (χ1) is 9.65. The summed E-state index contributed by atoms with van der Waals surface area (Å²) in [6.07, 6.45) is 2.66. The monoisotopic (exact) mass is 340 g/mol. The van der Waals surface area contributed by atoms with Gasteiger partial charge in [0.15, 0.2) is 0 Å². The highest BCUT2D eigenvalue weighted by Crippen LogP contribution is 2.30. The fraction of sp³-hybridized carbons (Fsp3) is 0.625. The molecule has 0 saturated carbocycles. The normalized spacial score (nSPS) is 18.3. The summed E-state index contributed by atoms with van der Waals surface area (Å²) in [5.74, 6) is 0. The molecule has 0 bridgehead atoms. The molecule has 1 fully saturated rings. The number of methoxy groups -OCH3 is 1. The molecule has 0 spiro atoms. The molecule has 4 heteroatoms. The van der Waals surface area contributed by atoms with Gasteiger partial charge in [-0.2, -0.15) is 0 Å². The number of anilines is 1. The van der Waals surface area contributed by atoms with Gasteiger partial charge in [0.2, 0.25) is 0 Å². The quantitative estimate of drug-likeness (QED) is 0.883. The molecule has 0 aliphatic carbocycles. The number of piperidine rings is 1. The molecule has 112 valence electrons. The number of ether oxygens (including phenoxy) is 1. The molecule has 1 saturated heterocycles. The minimum absolute atomic E-state index is 0.377. The van der Waals surface area contributed by atoms with Gasteiger partial charge in [0, 0.05) is 36.4 Å². The average molecular weight is 341 g/mol. The predicted molar refractivity (Wildman–Crippen MR) is 88.5 cm³/mol. The zero-order valence-corrected chi connectivity index (χ0v) is 14.2. The lowest BCUT2D eigenvalue weighted by molar-refractivity contribution is 0.0819. The summed E-state index contributed by atoms with van der Waals surface area (Å²) in [5.41, 5.74) is 2.63. The summed E-state index contributed by atoms with van der Waals surface area (Å²) in [5, 5.41) is 3.45. The average Bonchev–Trinajstić information content (AvgIpc) is 2.47. The highest BCUT2D eigenvalue weighted by Gasteiger charge is 2.19. The van der Waals surface area contributed by atoms with Gasteiger partial charge in [0.25, 0.3) is 0 Å². The fourth-order valence-corrected chi connectivity index (χ4v) is 3.54. The second-order valence-corrected chi connectivity index (χ2v) is 6.26. The van der Waals surface area contributed by atoms with Crippen LogP contribution in [0.2, 0.25) is 0 Å². The minimum atomic E-state index is 0.377. The highest BCUT2D eigenvalue weighted by atomic mass is 79.9. The molecule has 2 rings (SSSR count). The van der Waals surface area contributed by atoms with Gasteiger partial charge in [0.05, 0.1) is 6.10 Å². The van der Waals surface area contributed by atoms with Crippen LogP contribution < -0.4 is 10.2 Å². The summed E-state index contributed by atoms with van der Waals surface area (Å²) in [4.78, 5) is 2.45. The van der Waals surface area contributed by atoms with E-state index in [-0.39, 0.29) is 0 Å². The standard InChI is InChI=1S/C16H25BrN2O/c1-4-18-12(2)15-6-5-13(11-16(15)17)19-9-7-14(20-3)8-10-19/h5-6,11-12,14,18H,4,7-10H2,1-3H3. The van der Waals surface area contributed by atoms with E-state index in [2.05, 4.69) is 58.2 Å². The Morgan fingerprint density at radius 1 is 1.40 bits per heavy atom. The van der Waals surface area contributed by atoms with Crippen LogP contribution >= 0.6 is 15.9 Å². The number of rotatable bonds is 5. The third-order valence-corrected chi connectivity index (χ3v) is 4.79. The third-order valence-electron chi connectivity index (χ3n) is 4.10. The van der Waals surface area contributed by atoms with E-state index in [0.717, 1.165) is 32.5 Å². The zero-order chi connectivity index (χ0) is 14.5. The van der Waals surface area contributed by atoms with Gasteiger partial charge in [-0.25, -0.2) is 0 Å². The Balaban J connectivity index is 2.05. The van der Waals surface area contributed by atoms with Gasteiger partial charge in [-0.3, -0.25) is 0 Å². The van der Waals surface area contributed by atoms with Crippen LogP contribution in [0.5, 0.6) is 0 Å². The molecule has 1 aliphatic rings. The van der Waals surface area contributed by atoms with Gasteiger partial charge < -0.3 is 15.0 Å². The van der Waals surface area contributed by atoms with Crippen LogP contribution in [0.1, 0.15) is 38.3 Å². The van der Waals surface area contributed by atoms with Crippen molar-refractivity contribution in [2.75, 3.05) is 31.6 Å². The lowest BCUT2D eigenvalue weighted by Crippen LogP contribution is -2.36. The fourth-order valence-electron chi connectivity index (χ4n) is 2.83. The van der Waals surface area contributed by atoms with Crippen LogP contribution in [-0.4, -0.2) is 32.8 Å². The Bertz CT molecular complexity index is 430. The van der Waals surface area contributed by atoms with E-state index < -0.39 is 0 Å². The maximum absolute atomic E-state index is 5.43. The molecule has 1 aromatic rings. The van der Waals surface area contributed by atoms with Crippen molar-refractivity contribution in [3.8, 4) is 0 Å². The molecule has 3 nitrogen and oxygen atoms in total. The van der Waals surface area contributed by atoms with Crippen molar-refractivity contribution in [2.45, 2.75) is 38.8 Å². The van der Waals surface area contributed by atoms with Gasteiger partial charge in [-0.15, -0.1) is 0 Å². The van der Waals surface area contributed by atoms with Crippen LogP contribution in [0, 0.1) is 0 Å². The van der Waals surface area contributed by atoms with E-state index in [1.807, 2.05) is 7.11 Å². The molecule has 0 radical (unpaired) electrons. The Kier molecular flexibility index (Phi) is 5.87. The van der Waals surface area contributed by atoms with Crippen LogP contribution in [-0.2, 0) is 4.74 Å². The lowest BCUT2D eigenvalue weighted by atomic mass is 10.0. The number of nitrogens with one attached hydrogen (secondary N) is 1. The minimum Gasteiger partial charge on any atom is -0.381 e. The van der Waals surface area contributed by atoms with Gasteiger partial charge in [-0.05, 0) is 44.0 Å². The molecule has 1 unspecified atom stereocenters. The van der Waals surface area contributed by atoms with Crippen molar-refractivity contribution in [1.29, 1.82) is 0 Å². The molecular weight excluding hydrogens is 316 g/mol. The topological polar surface area (TPSA) is 24.5 Å². The van der Waals surface area contributed by atoms with Gasteiger partial charge >= 0.3 is 0 Å². The Morgan fingerprint density at radius 2 is 2.10 bits per heavy atom. The summed E-state index contributed by atoms with van der Waals surface area (Å²) in [7, 11) is 1.81. The van der Waals surface area contributed by atoms with Crippen molar-refractivity contribution in [3.05, 3.63) is 28.2 Å². The summed E-state index contributed by atoms with van der Waals surface area (Å²) in [6, 6.07) is 7.09. The van der Waals surface area contributed by atoms with Crippen molar-refractivity contribution in [1.82, 2.24) is 5.32 Å². The molecule has 1 aromatic carbocycles. The molecule has 1 heterocycles. The SMILES string of the molecule is CCNC(C)c1ccc(N2CCC(OC)CC2)cc1Br. The lowest BCUT2D eigenvalue weighted by Gasteiger charge is -2.33. The van der Waals surface area contributed by atoms with E-state index in [1.54, 1.807) is 0 Å². The number of halogens is 1. The Morgan fingerprint density at radius 3 is 2.65 bits per heavy atom. The summed E-state index contributed by atoms with van der Waals surface area (Å²) >= 11 is 3.72. The highest BCUT2D eigenvalue weighted by molar-refractivity contribution is 9.10. The number of benzene rings is 1. The summed E-state index contributed by atoms with van der Waals surface area (Å²) in [6.45, 7) is 7.48. The van der Waals surface area contributed by atoms with Crippen molar-refractivity contribution in [3.63, 3.8) is 0 Å². The second kappa shape index (κ2) is 7.43. The predicted octanol–water partition coefficient (Wildman–Crippen LogP) is 3.73. The molecule has 20 heavy (non-hydrogen) atoms. The Labute approximate surface area is 130 Å². The Hall–Kier alpha value is -0.580. The van der Waals surface area contributed by atoms with Gasteiger partial charge in [-0.1, -0.05) is 28.9 Å². The first-order valence-corrected chi connectivity index (χ1v) is 8.25. The second-order valence-electron chi connectivity index (χ2n) is 5.41. The number of hydrogen-bond donors (Lipinski definition) is 1. The van der Waals surface area contributed by atoms with Crippen molar-refractivity contribution in [2.24, 2.45) is 0 Å². The molecule has 1 aliphatic heterocycles. The summed E-state index contributed by atoms with van der Waals surface area (Å²) < 4.78 is 6.62. The van der Waals surface area contributed by atoms with Crippen LogP contribution in [0.3, 0.4) is 0 Å². The molecular formula is C16H25BrN2O. The van der Waals surface area contributed by atoms with E-state index in [4.69, 9.17) is 4.74 Å². The maximum Gasteiger partial charge on any atom is 0.0605 e. The van der Waals surface area contributed by atoms with E-state index >= 15 is 0 Å². The molecule has 1 N–H and O–H groups in total. The number of hydrogen-bond acceptors (Lipinski definition) is 3. The molecule has 1 atom stereocenters. The van der Waals surface area contributed by atoms with Crippen molar-refractivity contribution < 1.29 is 4.74 Å². The van der Waals surface area contributed by atoms with E-state index in [1.165, 1.54) is 15.7 Å². The maximum atomic E-state index is 5.43. The zero-order valence-electron chi connectivity index (χ0n) is 12.7. The first kappa shape index (κ1) is 15.8. The van der Waals surface area contributed by atoms with Crippen LogP contribution in [0.25, 0.3) is 0 Å². The number of nitrogens with zero attached hydrogens (tertiary/aromatic N) is 1. The van der Waals surface area contributed by atoms with E-state index in [0.29, 0.717) is 12.1 Å². The van der Waals surface area contributed by atoms with Crippen LogP contribution in [0.15, 0.2) is 22.7 Å². The molecule has 0 aromatic heterocycles.